The van der Waals surface area contributed by atoms with Gasteiger partial charge in [-0.2, -0.15) is 0 Å². The molecule has 102 valence electrons. The van der Waals surface area contributed by atoms with Crippen LogP contribution >= 0.6 is 0 Å². The molecule has 0 spiro atoms. The fourth-order valence-corrected chi connectivity index (χ4v) is 2.13. The van der Waals surface area contributed by atoms with E-state index in [1.54, 1.807) is 6.92 Å². The fraction of sp³-hybridized carbons (Fsp3) is 0.929. The van der Waals surface area contributed by atoms with E-state index in [0.29, 0.717) is 18.3 Å². The van der Waals surface area contributed by atoms with Crippen molar-refractivity contribution in [3.63, 3.8) is 0 Å². The van der Waals surface area contributed by atoms with Crippen LogP contribution in [0.15, 0.2) is 0 Å². The van der Waals surface area contributed by atoms with Crippen LogP contribution in [-0.2, 0) is 4.79 Å². The minimum absolute atomic E-state index is 0.239. The third-order valence-corrected chi connectivity index (χ3v) is 3.08. The van der Waals surface area contributed by atoms with E-state index in [1.165, 1.54) is 0 Å². The Labute approximate surface area is 106 Å². The molecule has 2 N–H and O–H groups in total. The summed E-state index contributed by atoms with van der Waals surface area (Å²) in [4.78, 5) is 11.4. The molecule has 0 fully saturated rings. The standard InChI is InChI=1S/C14H29NO2/c1-10(2)7-8-14(6,13(16)17)15-12(5)9-11(3)4/h10-12,15H,7-9H2,1-6H3,(H,16,17). The third-order valence-electron chi connectivity index (χ3n) is 3.08. The zero-order chi connectivity index (χ0) is 13.6. The highest BCUT2D eigenvalue weighted by atomic mass is 16.4. The highest BCUT2D eigenvalue weighted by Gasteiger charge is 2.33. The van der Waals surface area contributed by atoms with Crippen molar-refractivity contribution in [1.29, 1.82) is 0 Å². The van der Waals surface area contributed by atoms with Crippen LogP contribution in [0.4, 0.5) is 0 Å². The van der Waals surface area contributed by atoms with Gasteiger partial charge in [0.2, 0.25) is 0 Å². The van der Waals surface area contributed by atoms with Gasteiger partial charge < -0.3 is 5.11 Å². The number of hydrogen-bond acceptors (Lipinski definition) is 2. The molecule has 0 amide bonds. The molecule has 0 aliphatic rings. The van der Waals surface area contributed by atoms with E-state index in [4.69, 9.17) is 0 Å². The molecular formula is C14H29NO2. The van der Waals surface area contributed by atoms with Crippen molar-refractivity contribution >= 4 is 5.97 Å². The Morgan fingerprint density at radius 1 is 1.18 bits per heavy atom. The van der Waals surface area contributed by atoms with Crippen molar-refractivity contribution in [2.45, 2.75) is 72.4 Å². The Bertz CT molecular complexity index is 238. The molecule has 2 atom stereocenters. The van der Waals surface area contributed by atoms with Gasteiger partial charge >= 0.3 is 5.97 Å². The topological polar surface area (TPSA) is 49.3 Å². The number of carbonyl (C=O) groups is 1. The maximum absolute atomic E-state index is 11.4. The van der Waals surface area contributed by atoms with Crippen molar-refractivity contribution in [2.75, 3.05) is 0 Å². The molecule has 0 rings (SSSR count). The Kier molecular flexibility index (Phi) is 6.76. The predicted octanol–water partition coefficient (Wildman–Crippen LogP) is 3.29. The Morgan fingerprint density at radius 3 is 2.06 bits per heavy atom. The van der Waals surface area contributed by atoms with E-state index in [9.17, 15) is 9.90 Å². The summed E-state index contributed by atoms with van der Waals surface area (Å²) in [5, 5.41) is 12.6. The SMILES string of the molecule is CC(C)CCC(C)(NC(C)CC(C)C)C(=O)O. The average molecular weight is 243 g/mol. The molecule has 17 heavy (non-hydrogen) atoms. The largest absolute Gasteiger partial charge is 0.480 e. The van der Waals surface area contributed by atoms with Crippen LogP contribution in [-0.4, -0.2) is 22.7 Å². The van der Waals surface area contributed by atoms with Crippen LogP contribution in [0.1, 0.15) is 60.8 Å². The zero-order valence-corrected chi connectivity index (χ0v) is 12.2. The van der Waals surface area contributed by atoms with E-state index < -0.39 is 11.5 Å². The van der Waals surface area contributed by atoms with E-state index in [2.05, 4.69) is 39.9 Å². The second-order valence-corrected chi connectivity index (χ2v) is 6.24. The van der Waals surface area contributed by atoms with Crippen LogP contribution < -0.4 is 5.32 Å². The number of aliphatic carboxylic acids is 1. The quantitative estimate of drug-likeness (QED) is 0.687. The molecule has 0 saturated carbocycles. The van der Waals surface area contributed by atoms with Gasteiger partial charge in [-0.15, -0.1) is 0 Å². The number of carboxylic acids is 1. The zero-order valence-electron chi connectivity index (χ0n) is 12.2. The van der Waals surface area contributed by atoms with Gasteiger partial charge in [0.25, 0.3) is 0 Å². The third kappa shape index (κ3) is 6.67. The van der Waals surface area contributed by atoms with Crippen LogP contribution in [0, 0.1) is 11.8 Å². The first kappa shape index (κ1) is 16.4. The van der Waals surface area contributed by atoms with Crippen LogP contribution in [0.25, 0.3) is 0 Å². The monoisotopic (exact) mass is 243 g/mol. The first-order valence-electron chi connectivity index (χ1n) is 6.68. The van der Waals surface area contributed by atoms with Gasteiger partial charge in [-0.1, -0.05) is 27.7 Å². The first-order chi connectivity index (χ1) is 7.67. The fourth-order valence-electron chi connectivity index (χ4n) is 2.13. The summed E-state index contributed by atoms with van der Waals surface area (Å²) in [5.41, 5.74) is -0.793. The molecule has 0 aromatic carbocycles. The highest BCUT2D eigenvalue weighted by Crippen LogP contribution is 2.19. The van der Waals surface area contributed by atoms with Gasteiger partial charge in [0, 0.05) is 6.04 Å². The van der Waals surface area contributed by atoms with E-state index >= 15 is 0 Å². The smallest absolute Gasteiger partial charge is 0.323 e. The minimum atomic E-state index is -0.793. The molecule has 0 aliphatic heterocycles. The second kappa shape index (κ2) is 7.00. The lowest BCUT2D eigenvalue weighted by molar-refractivity contribution is -0.145. The van der Waals surface area contributed by atoms with Crippen LogP contribution in [0.3, 0.4) is 0 Å². The lowest BCUT2D eigenvalue weighted by Gasteiger charge is -2.31. The number of hydrogen-bond donors (Lipinski definition) is 2. The molecule has 0 radical (unpaired) electrons. The molecule has 2 unspecified atom stereocenters. The second-order valence-electron chi connectivity index (χ2n) is 6.24. The molecule has 0 heterocycles. The molecular weight excluding hydrogens is 214 g/mol. The Balaban J connectivity index is 4.45. The van der Waals surface area contributed by atoms with E-state index in [1.807, 2.05) is 0 Å². The van der Waals surface area contributed by atoms with Gasteiger partial charge in [0.1, 0.15) is 5.54 Å². The van der Waals surface area contributed by atoms with Crippen molar-refractivity contribution in [2.24, 2.45) is 11.8 Å². The molecule has 3 nitrogen and oxygen atoms in total. The number of nitrogens with one attached hydrogen (secondary N) is 1. The maximum Gasteiger partial charge on any atom is 0.323 e. The minimum Gasteiger partial charge on any atom is -0.480 e. The summed E-state index contributed by atoms with van der Waals surface area (Å²) < 4.78 is 0. The predicted molar refractivity (Wildman–Crippen MR) is 72.2 cm³/mol. The highest BCUT2D eigenvalue weighted by molar-refractivity contribution is 5.78. The molecule has 3 heteroatoms. The van der Waals surface area contributed by atoms with E-state index in [0.717, 1.165) is 12.8 Å². The van der Waals surface area contributed by atoms with Crippen molar-refractivity contribution in [3.05, 3.63) is 0 Å². The summed E-state index contributed by atoms with van der Waals surface area (Å²) in [6.07, 6.45) is 2.62. The molecule has 0 aliphatic carbocycles. The molecule has 0 aromatic heterocycles. The molecule has 0 bridgehead atoms. The Morgan fingerprint density at radius 2 is 1.71 bits per heavy atom. The lowest BCUT2D eigenvalue weighted by Crippen LogP contribution is -2.53. The summed E-state index contributed by atoms with van der Waals surface area (Å²) in [6, 6.07) is 0.239. The number of carboxylic acid groups (broad SMARTS) is 1. The molecule has 0 saturated heterocycles. The average Bonchev–Trinajstić information content (AvgIpc) is 2.12. The summed E-state index contributed by atoms with van der Waals surface area (Å²) >= 11 is 0. The van der Waals surface area contributed by atoms with Crippen molar-refractivity contribution in [3.8, 4) is 0 Å². The van der Waals surface area contributed by atoms with E-state index in [-0.39, 0.29) is 6.04 Å². The van der Waals surface area contributed by atoms with Crippen LogP contribution in [0.2, 0.25) is 0 Å². The maximum atomic E-state index is 11.4. The van der Waals surface area contributed by atoms with Crippen molar-refractivity contribution in [1.82, 2.24) is 5.32 Å². The normalized spacial score (nSPS) is 17.2. The lowest BCUT2D eigenvalue weighted by atomic mass is 9.90. The van der Waals surface area contributed by atoms with Gasteiger partial charge in [-0.25, -0.2) is 0 Å². The van der Waals surface area contributed by atoms with Gasteiger partial charge in [0.05, 0.1) is 0 Å². The summed E-state index contributed by atoms with van der Waals surface area (Å²) in [7, 11) is 0. The van der Waals surface area contributed by atoms with Gasteiger partial charge in [0.15, 0.2) is 0 Å². The van der Waals surface area contributed by atoms with Gasteiger partial charge in [-0.05, 0) is 44.9 Å². The van der Waals surface area contributed by atoms with Crippen LogP contribution in [0.5, 0.6) is 0 Å². The summed E-state index contributed by atoms with van der Waals surface area (Å²) in [6.45, 7) is 12.4. The van der Waals surface area contributed by atoms with Gasteiger partial charge in [-0.3, -0.25) is 10.1 Å². The molecule has 0 aromatic rings. The number of rotatable bonds is 8. The summed E-state index contributed by atoms with van der Waals surface area (Å²) in [5.74, 6) is 0.380. The Hall–Kier alpha value is -0.570. The van der Waals surface area contributed by atoms with Crippen molar-refractivity contribution < 1.29 is 9.90 Å². The first-order valence-corrected chi connectivity index (χ1v) is 6.68.